The molecule has 1 aromatic rings. The first-order chi connectivity index (χ1) is 11.0. The predicted molar refractivity (Wildman–Crippen MR) is 84.6 cm³/mol. The molecule has 2 unspecified atom stereocenters. The number of methoxy groups -OCH3 is 1. The number of carboxylic acid groups (broad SMARTS) is 1. The molecule has 1 aliphatic rings. The number of likely N-dealkylation sites (tertiary alicyclic amines) is 1. The molecule has 6 heteroatoms. The smallest absolute Gasteiger partial charge is 0.305 e. The highest BCUT2D eigenvalue weighted by Gasteiger charge is 2.36. The molecule has 1 N–H and O–H groups in total. The van der Waals surface area contributed by atoms with Crippen molar-refractivity contribution in [1.82, 2.24) is 4.90 Å². The van der Waals surface area contributed by atoms with E-state index in [0.29, 0.717) is 30.9 Å². The van der Waals surface area contributed by atoms with Gasteiger partial charge in [-0.1, -0.05) is 12.7 Å². The molecule has 1 saturated heterocycles. The Morgan fingerprint density at radius 3 is 2.65 bits per heavy atom. The van der Waals surface area contributed by atoms with Crippen molar-refractivity contribution in [1.29, 1.82) is 0 Å². The summed E-state index contributed by atoms with van der Waals surface area (Å²) < 4.78 is 10.7. The Labute approximate surface area is 135 Å². The monoisotopic (exact) mass is 319 g/mol. The Kier molecular flexibility index (Phi) is 5.76. The summed E-state index contributed by atoms with van der Waals surface area (Å²) in [5.74, 6) is -0.455. The van der Waals surface area contributed by atoms with E-state index in [-0.39, 0.29) is 24.5 Å². The van der Waals surface area contributed by atoms with Crippen LogP contribution in [0.3, 0.4) is 0 Å². The van der Waals surface area contributed by atoms with Gasteiger partial charge in [-0.2, -0.15) is 0 Å². The Morgan fingerprint density at radius 2 is 2.09 bits per heavy atom. The first kappa shape index (κ1) is 17.0. The number of aliphatic carboxylic acids is 1. The van der Waals surface area contributed by atoms with Crippen molar-refractivity contribution in [3.8, 4) is 5.75 Å². The molecule has 1 aliphatic heterocycles. The number of rotatable bonds is 7. The third kappa shape index (κ3) is 4.32. The number of amides is 1. The Bertz CT molecular complexity index is 569. The normalized spacial score (nSPS) is 20.3. The van der Waals surface area contributed by atoms with Gasteiger partial charge >= 0.3 is 5.97 Å². The van der Waals surface area contributed by atoms with E-state index >= 15 is 0 Å². The van der Waals surface area contributed by atoms with Crippen molar-refractivity contribution < 1.29 is 24.2 Å². The fourth-order valence-corrected chi connectivity index (χ4v) is 2.70. The van der Waals surface area contributed by atoms with Crippen LogP contribution in [0.15, 0.2) is 36.9 Å². The maximum atomic E-state index is 12.6. The average molecular weight is 319 g/mol. The molecule has 0 spiro atoms. The van der Waals surface area contributed by atoms with Crippen molar-refractivity contribution in [2.75, 3.05) is 20.3 Å². The average Bonchev–Trinajstić information content (AvgIpc) is 2.95. The van der Waals surface area contributed by atoms with Gasteiger partial charge in [0.1, 0.15) is 12.4 Å². The van der Waals surface area contributed by atoms with Crippen LogP contribution in [0.4, 0.5) is 0 Å². The number of nitrogens with zero attached hydrogens (tertiary/aromatic N) is 1. The van der Waals surface area contributed by atoms with E-state index in [4.69, 9.17) is 14.6 Å². The van der Waals surface area contributed by atoms with Crippen molar-refractivity contribution in [3.63, 3.8) is 0 Å². The molecule has 23 heavy (non-hydrogen) atoms. The van der Waals surface area contributed by atoms with Gasteiger partial charge in [0.05, 0.1) is 12.5 Å². The summed E-state index contributed by atoms with van der Waals surface area (Å²) in [6.07, 6.45) is 1.98. The SMILES string of the molecule is C=CCOc1ccc(C(=O)N2CC(OC)CC2CC(=O)O)cc1. The lowest BCUT2D eigenvalue weighted by Gasteiger charge is -2.23. The standard InChI is InChI=1S/C17H21NO5/c1-3-8-23-14-6-4-12(5-7-14)17(21)18-11-15(22-2)9-13(18)10-16(19)20/h3-7,13,15H,1,8-11H2,2H3,(H,19,20). The molecule has 2 rings (SSSR count). The number of ether oxygens (including phenoxy) is 2. The van der Waals surface area contributed by atoms with Crippen LogP contribution in [0.5, 0.6) is 5.75 Å². The van der Waals surface area contributed by atoms with Crippen LogP contribution >= 0.6 is 0 Å². The van der Waals surface area contributed by atoms with E-state index in [2.05, 4.69) is 6.58 Å². The van der Waals surface area contributed by atoms with E-state index in [9.17, 15) is 9.59 Å². The summed E-state index contributed by atoms with van der Waals surface area (Å²) in [5, 5.41) is 9.02. The van der Waals surface area contributed by atoms with Crippen LogP contribution < -0.4 is 4.74 Å². The number of hydrogen-bond acceptors (Lipinski definition) is 4. The van der Waals surface area contributed by atoms with Gasteiger partial charge < -0.3 is 19.5 Å². The topological polar surface area (TPSA) is 76.1 Å². The minimum atomic E-state index is -0.919. The van der Waals surface area contributed by atoms with Gasteiger partial charge in [0.2, 0.25) is 0 Å². The van der Waals surface area contributed by atoms with E-state index in [1.807, 2.05) is 0 Å². The highest BCUT2D eigenvalue weighted by atomic mass is 16.5. The zero-order valence-electron chi connectivity index (χ0n) is 13.1. The second kappa shape index (κ2) is 7.78. The first-order valence-corrected chi connectivity index (χ1v) is 7.44. The van der Waals surface area contributed by atoms with Gasteiger partial charge in [0.15, 0.2) is 0 Å². The minimum Gasteiger partial charge on any atom is -0.490 e. The van der Waals surface area contributed by atoms with Crippen LogP contribution in [0.2, 0.25) is 0 Å². The summed E-state index contributed by atoms with van der Waals surface area (Å²) >= 11 is 0. The van der Waals surface area contributed by atoms with Gasteiger partial charge in [-0.3, -0.25) is 9.59 Å². The van der Waals surface area contributed by atoms with Crippen LogP contribution in [0, 0.1) is 0 Å². The maximum Gasteiger partial charge on any atom is 0.305 e. The van der Waals surface area contributed by atoms with Gasteiger partial charge in [-0.25, -0.2) is 0 Å². The maximum absolute atomic E-state index is 12.6. The highest BCUT2D eigenvalue weighted by molar-refractivity contribution is 5.95. The predicted octanol–water partition coefficient (Wildman–Crippen LogP) is 1.96. The van der Waals surface area contributed by atoms with Crippen LogP contribution in [-0.2, 0) is 9.53 Å². The van der Waals surface area contributed by atoms with Crippen LogP contribution in [0.25, 0.3) is 0 Å². The molecule has 0 bridgehead atoms. The van der Waals surface area contributed by atoms with E-state index in [1.165, 1.54) is 0 Å². The Morgan fingerprint density at radius 1 is 1.39 bits per heavy atom. The highest BCUT2D eigenvalue weighted by Crippen LogP contribution is 2.25. The molecule has 6 nitrogen and oxygen atoms in total. The minimum absolute atomic E-state index is 0.0773. The summed E-state index contributed by atoms with van der Waals surface area (Å²) in [4.78, 5) is 25.2. The van der Waals surface area contributed by atoms with Crippen LogP contribution in [-0.4, -0.2) is 54.3 Å². The number of carbonyl (C=O) groups excluding carboxylic acids is 1. The number of hydrogen-bond donors (Lipinski definition) is 1. The third-order valence-corrected chi connectivity index (χ3v) is 3.85. The molecule has 0 aliphatic carbocycles. The molecule has 2 atom stereocenters. The molecule has 1 aromatic carbocycles. The largest absolute Gasteiger partial charge is 0.490 e. The summed E-state index contributed by atoms with van der Waals surface area (Å²) in [5.41, 5.74) is 0.503. The molecule has 0 radical (unpaired) electrons. The first-order valence-electron chi connectivity index (χ1n) is 7.44. The Hall–Kier alpha value is -2.34. The van der Waals surface area contributed by atoms with E-state index < -0.39 is 5.97 Å². The second-order valence-electron chi connectivity index (χ2n) is 5.43. The fraction of sp³-hybridized carbons (Fsp3) is 0.412. The number of carboxylic acids is 1. The number of carbonyl (C=O) groups is 2. The van der Waals surface area contributed by atoms with Gasteiger partial charge in [0, 0.05) is 25.3 Å². The van der Waals surface area contributed by atoms with Crippen LogP contribution in [0.1, 0.15) is 23.2 Å². The third-order valence-electron chi connectivity index (χ3n) is 3.85. The molecule has 0 saturated carbocycles. The molecular formula is C17H21NO5. The van der Waals surface area contributed by atoms with Gasteiger partial charge in [-0.15, -0.1) is 0 Å². The van der Waals surface area contributed by atoms with Crippen molar-refractivity contribution in [2.24, 2.45) is 0 Å². The quantitative estimate of drug-likeness (QED) is 0.778. The van der Waals surface area contributed by atoms with Crippen molar-refractivity contribution >= 4 is 11.9 Å². The lowest BCUT2D eigenvalue weighted by atomic mass is 10.1. The summed E-state index contributed by atoms with van der Waals surface area (Å²) in [6, 6.07) is 6.44. The Balaban J connectivity index is 2.10. The van der Waals surface area contributed by atoms with Gasteiger partial charge in [-0.05, 0) is 30.7 Å². The molecule has 1 heterocycles. The molecule has 0 aromatic heterocycles. The lowest BCUT2D eigenvalue weighted by molar-refractivity contribution is -0.137. The second-order valence-corrected chi connectivity index (χ2v) is 5.43. The number of benzene rings is 1. The van der Waals surface area contributed by atoms with E-state index in [1.54, 1.807) is 42.4 Å². The zero-order valence-corrected chi connectivity index (χ0v) is 13.1. The fourth-order valence-electron chi connectivity index (χ4n) is 2.70. The van der Waals surface area contributed by atoms with Crippen molar-refractivity contribution in [2.45, 2.75) is 25.0 Å². The van der Waals surface area contributed by atoms with Crippen molar-refractivity contribution in [3.05, 3.63) is 42.5 Å². The van der Waals surface area contributed by atoms with Gasteiger partial charge in [0.25, 0.3) is 5.91 Å². The summed E-state index contributed by atoms with van der Waals surface area (Å²) in [6.45, 7) is 4.38. The molecule has 1 amide bonds. The molecule has 124 valence electrons. The zero-order chi connectivity index (χ0) is 16.8. The summed E-state index contributed by atoms with van der Waals surface area (Å²) in [7, 11) is 1.57. The molecular weight excluding hydrogens is 298 g/mol. The van der Waals surface area contributed by atoms with E-state index in [0.717, 1.165) is 0 Å². The molecule has 1 fully saturated rings. The lowest BCUT2D eigenvalue weighted by Crippen LogP contribution is -2.37.